The maximum Gasteiger partial charge on any atom is 0.472 e. The zero-order valence-corrected chi connectivity index (χ0v) is 39.1. The van der Waals surface area contributed by atoms with E-state index < -0.39 is 26.5 Å². The molecule has 0 saturated carbocycles. The molecule has 2 unspecified atom stereocenters. The lowest BCUT2D eigenvalue weighted by atomic mass is 10.1. The van der Waals surface area contributed by atoms with Crippen molar-refractivity contribution in [3.05, 3.63) is 60.8 Å². The van der Waals surface area contributed by atoms with Crippen molar-refractivity contribution >= 4 is 19.8 Å². The summed E-state index contributed by atoms with van der Waals surface area (Å²) in [6.45, 7) is 4.23. The lowest BCUT2D eigenvalue weighted by molar-refractivity contribution is -0.161. The lowest BCUT2D eigenvalue weighted by Crippen LogP contribution is -2.29. The molecule has 0 aliphatic rings. The molecular formula is C49H88NO8P. The predicted octanol–water partition coefficient (Wildman–Crippen LogP) is 13.9. The van der Waals surface area contributed by atoms with Crippen LogP contribution in [0.2, 0.25) is 0 Å². The Morgan fingerprint density at radius 2 is 0.932 bits per heavy atom. The highest BCUT2D eigenvalue weighted by molar-refractivity contribution is 7.47. The molecule has 342 valence electrons. The van der Waals surface area contributed by atoms with Gasteiger partial charge in [-0.15, -0.1) is 0 Å². The van der Waals surface area contributed by atoms with Crippen molar-refractivity contribution in [3.63, 3.8) is 0 Å². The van der Waals surface area contributed by atoms with Crippen molar-refractivity contribution in [3.8, 4) is 0 Å². The van der Waals surface area contributed by atoms with Crippen LogP contribution in [-0.2, 0) is 32.7 Å². The molecule has 0 rings (SSSR count). The third-order valence-electron chi connectivity index (χ3n) is 9.80. The monoisotopic (exact) mass is 850 g/mol. The van der Waals surface area contributed by atoms with Crippen molar-refractivity contribution in [2.24, 2.45) is 0 Å². The standard InChI is InChI=1S/C49H88NO8P/c1-5-7-9-11-13-15-17-19-21-23-24-26-27-29-31-33-35-37-39-41-48(51)55-45-47(46-57-59(53,54)56-44-43-50(3)4)58-49(52)42-40-38-36-34-32-30-28-25-22-20-18-16-14-12-10-8-6-2/h13,15,19-22,28,30,34,36,47H,5-12,14,16-18,23-27,29,31-33,35,37-46H2,1-4H3,(H,53,54)/b15-13-,21-19-,22-20-,30-28-,36-34-. The van der Waals surface area contributed by atoms with Crippen LogP contribution < -0.4 is 0 Å². The molecule has 0 radical (unpaired) electrons. The second-order valence-electron chi connectivity index (χ2n) is 15.9. The van der Waals surface area contributed by atoms with Gasteiger partial charge in [0.1, 0.15) is 6.61 Å². The van der Waals surface area contributed by atoms with Gasteiger partial charge in [-0.1, -0.05) is 164 Å². The molecule has 0 spiro atoms. The number of allylic oxidation sites excluding steroid dienone is 10. The van der Waals surface area contributed by atoms with Gasteiger partial charge in [-0.05, 0) is 91.1 Å². The molecule has 0 fully saturated rings. The third kappa shape index (κ3) is 45.1. The summed E-state index contributed by atoms with van der Waals surface area (Å²) in [6, 6.07) is 0. The molecule has 0 bridgehead atoms. The zero-order chi connectivity index (χ0) is 43.3. The molecule has 59 heavy (non-hydrogen) atoms. The fraction of sp³-hybridized carbons (Fsp3) is 0.755. The number of phosphoric ester groups is 1. The predicted molar refractivity (Wildman–Crippen MR) is 247 cm³/mol. The minimum absolute atomic E-state index is 0.00451. The molecule has 0 saturated heterocycles. The van der Waals surface area contributed by atoms with Crippen LogP contribution in [0.25, 0.3) is 0 Å². The first kappa shape index (κ1) is 56.7. The maximum absolute atomic E-state index is 12.7. The Balaban J connectivity index is 4.32. The fourth-order valence-corrected chi connectivity index (χ4v) is 6.89. The van der Waals surface area contributed by atoms with Crippen molar-refractivity contribution in [1.82, 2.24) is 4.90 Å². The topological polar surface area (TPSA) is 112 Å². The molecule has 0 aliphatic carbocycles. The molecule has 0 aromatic heterocycles. The van der Waals surface area contributed by atoms with Crippen molar-refractivity contribution in [1.29, 1.82) is 0 Å². The summed E-state index contributed by atoms with van der Waals surface area (Å²) in [5.74, 6) is -0.869. The molecule has 9 nitrogen and oxygen atoms in total. The van der Waals surface area contributed by atoms with Crippen molar-refractivity contribution < 1.29 is 37.6 Å². The van der Waals surface area contributed by atoms with Crippen molar-refractivity contribution in [2.45, 2.75) is 200 Å². The molecule has 0 aliphatic heterocycles. The van der Waals surface area contributed by atoms with Gasteiger partial charge >= 0.3 is 19.8 Å². The molecule has 1 N–H and O–H groups in total. The number of phosphoric acid groups is 1. The first-order chi connectivity index (χ1) is 28.7. The Morgan fingerprint density at radius 3 is 1.44 bits per heavy atom. The number of hydrogen-bond donors (Lipinski definition) is 1. The highest BCUT2D eigenvalue weighted by atomic mass is 31.2. The smallest absolute Gasteiger partial charge is 0.462 e. The van der Waals surface area contributed by atoms with Crippen LogP contribution in [0, 0.1) is 0 Å². The van der Waals surface area contributed by atoms with Gasteiger partial charge in [0.05, 0.1) is 13.2 Å². The van der Waals surface area contributed by atoms with E-state index in [0.29, 0.717) is 13.0 Å². The molecule has 10 heteroatoms. The number of rotatable bonds is 43. The van der Waals surface area contributed by atoms with Gasteiger partial charge in [-0.25, -0.2) is 4.57 Å². The largest absolute Gasteiger partial charge is 0.472 e. The average Bonchev–Trinajstić information content (AvgIpc) is 3.20. The van der Waals surface area contributed by atoms with E-state index in [1.807, 2.05) is 19.0 Å². The minimum Gasteiger partial charge on any atom is -0.462 e. The Labute approximate surface area is 362 Å². The average molecular weight is 850 g/mol. The van der Waals surface area contributed by atoms with E-state index in [1.165, 1.54) is 96.3 Å². The van der Waals surface area contributed by atoms with Crippen LogP contribution in [-0.4, -0.2) is 68.3 Å². The lowest BCUT2D eigenvalue weighted by Gasteiger charge is -2.20. The Hall–Kier alpha value is -2.29. The van der Waals surface area contributed by atoms with Gasteiger partial charge in [0.2, 0.25) is 0 Å². The summed E-state index contributed by atoms with van der Waals surface area (Å²) in [7, 11) is -0.743. The number of hydrogen-bond acceptors (Lipinski definition) is 8. The summed E-state index contributed by atoms with van der Waals surface area (Å²) >= 11 is 0. The van der Waals surface area contributed by atoms with Crippen LogP contribution >= 0.6 is 7.82 Å². The Bertz CT molecular complexity index is 1160. The summed E-state index contributed by atoms with van der Waals surface area (Å²) < 4.78 is 33.5. The summed E-state index contributed by atoms with van der Waals surface area (Å²) in [4.78, 5) is 37.1. The fourth-order valence-electron chi connectivity index (χ4n) is 6.14. The number of unbranched alkanes of at least 4 members (excludes halogenated alkanes) is 19. The molecule has 0 amide bonds. The summed E-state index contributed by atoms with van der Waals surface area (Å²) in [6.07, 6.45) is 51.3. The summed E-state index contributed by atoms with van der Waals surface area (Å²) in [5, 5.41) is 0. The number of ether oxygens (including phenoxy) is 2. The van der Waals surface area contributed by atoms with Gasteiger partial charge in [-0.3, -0.25) is 18.6 Å². The van der Waals surface area contributed by atoms with Gasteiger partial charge < -0.3 is 19.3 Å². The van der Waals surface area contributed by atoms with E-state index in [1.54, 1.807) is 0 Å². The normalized spacial score (nSPS) is 13.9. The van der Waals surface area contributed by atoms with Crippen LogP contribution in [0.5, 0.6) is 0 Å². The molecule has 0 aromatic rings. The number of carbonyl (C=O) groups excluding carboxylic acids is 2. The van der Waals surface area contributed by atoms with Crippen LogP contribution in [0.1, 0.15) is 194 Å². The molecule has 0 aromatic carbocycles. The van der Waals surface area contributed by atoms with Gasteiger partial charge in [0.15, 0.2) is 6.10 Å². The molecule has 2 atom stereocenters. The number of nitrogens with zero attached hydrogens (tertiary/aromatic N) is 1. The number of carbonyl (C=O) groups is 2. The van der Waals surface area contributed by atoms with Gasteiger partial charge in [-0.2, -0.15) is 0 Å². The highest BCUT2D eigenvalue weighted by Crippen LogP contribution is 2.43. The van der Waals surface area contributed by atoms with Crippen LogP contribution in [0.3, 0.4) is 0 Å². The second-order valence-corrected chi connectivity index (χ2v) is 17.4. The van der Waals surface area contributed by atoms with Gasteiger partial charge in [0, 0.05) is 19.4 Å². The van der Waals surface area contributed by atoms with E-state index in [2.05, 4.69) is 74.6 Å². The molecule has 0 heterocycles. The van der Waals surface area contributed by atoms with E-state index in [4.69, 9.17) is 18.5 Å². The van der Waals surface area contributed by atoms with E-state index in [0.717, 1.165) is 64.2 Å². The third-order valence-corrected chi connectivity index (χ3v) is 10.8. The quantitative estimate of drug-likeness (QED) is 0.0277. The zero-order valence-electron chi connectivity index (χ0n) is 38.2. The number of esters is 2. The van der Waals surface area contributed by atoms with Crippen LogP contribution in [0.15, 0.2) is 60.8 Å². The first-order valence-electron chi connectivity index (χ1n) is 23.6. The summed E-state index contributed by atoms with van der Waals surface area (Å²) in [5.41, 5.74) is 0. The maximum atomic E-state index is 12.7. The van der Waals surface area contributed by atoms with Crippen molar-refractivity contribution in [2.75, 3.05) is 40.5 Å². The van der Waals surface area contributed by atoms with E-state index in [9.17, 15) is 19.0 Å². The Kier molecular flexibility index (Phi) is 42.1. The number of likely N-dealkylation sites (N-methyl/N-ethyl adjacent to an activating group) is 1. The SMILES string of the molecule is CCCCC/C=C\C/C=C\CCCCCCCCCCCC(=O)OCC(COP(=O)(O)OCCN(C)C)OC(=O)CCC/C=C\C/C=C\C/C=C\CCCCCCCC. The van der Waals surface area contributed by atoms with Gasteiger partial charge in [0.25, 0.3) is 0 Å². The van der Waals surface area contributed by atoms with E-state index >= 15 is 0 Å². The van der Waals surface area contributed by atoms with Crippen LogP contribution in [0.4, 0.5) is 0 Å². The second kappa shape index (κ2) is 43.8. The minimum atomic E-state index is -4.38. The highest BCUT2D eigenvalue weighted by Gasteiger charge is 2.26. The Morgan fingerprint density at radius 1 is 0.525 bits per heavy atom. The van der Waals surface area contributed by atoms with E-state index in [-0.39, 0.29) is 32.0 Å². The molecular weight excluding hydrogens is 762 g/mol. The first-order valence-corrected chi connectivity index (χ1v) is 25.1.